The first-order chi connectivity index (χ1) is 12.5. The van der Waals surface area contributed by atoms with Gasteiger partial charge in [0, 0.05) is 18.4 Å². The van der Waals surface area contributed by atoms with E-state index in [-0.39, 0.29) is 17.0 Å². The minimum absolute atomic E-state index is 0.108. The van der Waals surface area contributed by atoms with Gasteiger partial charge in [-0.05, 0) is 29.8 Å². The van der Waals surface area contributed by atoms with Crippen molar-refractivity contribution in [1.29, 1.82) is 5.26 Å². The Morgan fingerprint density at radius 1 is 1.15 bits per heavy atom. The average Bonchev–Trinajstić information content (AvgIpc) is 2.68. The van der Waals surface area contributed by atoms with Crippen molar-refractivity contribution in [2.75, 3.05) is 12.4 Å². The van der Waals surface area contributed by atoms with Crippen LogP contribution in [0.25, 0.3) is 0 Å². The van der Waals surface area contributed by atoms with Gasteiger partial charge in [-0.25, -0.2) is 17.9 Å². The molecule has 0 aliphatic carbocycles. The van der Waals surface area contributed by atoms with Crippen molar-refractivity contribution < 1.29 is 17.9 Å². The van der Waals surface area contributed by atoms with E-state index in [1.165, 1.54) is 37.6 Å². The summed E-state index contributed by atoms with van der Waals surface area (Å²) in [5.41, 5.74) is 1.17. The third-order valence-electron chi connectivity index (χ3n) is 3.38. The van der Waals surface area contributed by atoms with Crippen molar-refractivity contribution >= 4 is 21.7 Å². The number of nitriles is 1. The fourth-order valence-corrected chi connectivity index (χ4v) is 3.01. The molecule has 0 aliphatic rings. The van der Waals surface area contributed by atoms with Crippen LogP contribution in [-0.2, 0) is 26.1 Å². The summed E-state index contributed by atoms with van der Waals surface area (Å²) in [6.45, 7) is 0.191. The number of carbonyl (C=O) groups excluding carboxylic acids is 1. The standard InChI is InChI=1S/C18H17N3O4S/c1-25-18(22)15(11-19)13-20-16-7-9-17(10-8-16)26(23,24)21-12-14-5-3-2-4-6-14/h2-10,13,20-21H,12H2,1H3/b15-13+. The summed E-state index contributed by atoms with van der Waals surface area (Å²) >= 11 is 0. The second kappa shape index (κ2) is 8.80. The van der Waals surface area contributed by atoms with E-state index < -0.39 is 16.0 Å². The summed E-state index contributed by atoms with van der Waals surface area (Å²) in [5, 5.41) is 11.6. The van der Waals surface area contributed by atoms with E-state index in [0.717, 1.165) is 5.56 Å². The zero-order chi connectivity index (χ0) is 19.0. The highest BCUT2D eigenvalue weighted by molar-refractivity contribution is 7.89. The number of esters is 1. The molecule has 0 unspecified atom stereocenters. The Hall–Kier alpha value is -3.15. The molecule has 0 atom stereocenters. The molecule has 8 heteroatoms. The summed E-state index contributed by atoms with van der Waals surface area (Å²) in [4.78, 5) is 11.4. The SMILES string of the molecule is COC(=O)/C(C#N)=C/Nc1ccc(S(=O)(=O)NCc2ccccc2)cc1. The van der Waals surface area contributed by atoms with Crippen LogP contribution in [0.5, 0.6) is 0 Å². The summed E-state index contributed by atoms with van der Waals surface area (Å²) < 4.78 is 31.6. The van der Waals surface area contributed by atoms with Gasteiger partial charge in [-0.1, -0.05) is 30.3 Å². The quantitative estimate of drug-likeness (QED) is 0.439. The van der Waals surface area contributed by atoms with Gasteiger partial charge in [-0.3, -0.25) is 0 Å². The number of nitrogens with zero attached hydrogens (tertiary/aromatic N) is 1. The van der Waals surface area contributed by atoms with E-state index in [0.29, 0.717) is 5.69 Å². The first kappa shape index (κ1) is 19.2. The number of rotatable bonds is 7. The zero-order valence-corrected chi connectivity index (χ0v) is 14.8. The van der Waals surface area contributed by atoms with E-state index in [9.17, 15) is 13.2 Å². The Morgan fingerprint density at radius 3 is 2.38 bits per heavy atom. The van der Waals surface area contributed by atoms with E-state index in [4.69, 9.17) is 5.26 Å². The Kier molecular flexibility index (Phi) is 6.49. The van der Waals surface area contributed by atoms with E-state index in [1.807, 2.05) is 30.3 Å². The average molecular weight is 371 g/mol. The lowest BCUT2D eigenvalue weighted by Crippen LogP contribution is -2.23. The molecular weight excluding hydrogens is 354 g/mol. The van der Waals surface area contributed by atoms with Gasteiger partial charge in [0.15, 0.2) is 5.57 Å². The minimum Gasteiger partial charge on any atom is -0.465 e. The highest BCUT2D eigenvalue weighted by atomic mass is 32.2. The highest BCUT2D eigenvalue weighted by Crippen LogP contribution is 2.15. The predicted molar refractivity (Wildman–Crippen MR) is 96.2 cm³/mol. The molecule has 0 saturated carbocycles. The van der Waals surface area contributed by atoms with Crippen LogP contribution in [-0.4, -0.2) is 21.5 Å². The molecule has 2 rings (SSSR count). The second-order valence-electron chi connectivity index (χ2n) is 5.14. The number of sulfonamides is 1. The Bertz CT molecular complexity index is 931. The molecular formula is C18H17N3O4S. The third-order valence-corrected chi connectivity index (χ3v) is 4.80. The van der Waals surface area contributed by atoms with Crippen LogP contribution >= 0.6 is 0 Å². The number of hydrogen-bond acceptors (Lipinski definition) is 6. The van der Waals surface area contributed by atoms with Crippen molar-refractivity contribution in [1.82, 2.24) is 4.72 Å². The largest absolute Gasteiger partial charge is 0.465 e. The molecule has 134 valence electrons. The van der Waals surface area contributed by atoms with Crippen molar-refractivity contribution in [2.45, 2.75) is 11.4 Å². The van der Waals surface area contributed by atoms with E-state index in [1.54, 1.807) is 6.07 Å². The van der Waals surface area contributed by atoms with Crippen LogP contribution in [0.2, 0.25) is 0 Å². The monoisotopic (exact) mass is 371 g/mol. The number of carbonyl (C=O) groups is 1. The topological polar surface area (TPSA) is 108 Å². The molecule has 0 fully saturated rings. The second-order valence-corrected chi connectivity index (χ2v) is 6.91. The minimum atomic E-state index is -3.65. The molecule has 0 saturated heterocycles. The van der Waals surface area contributed by atoms with Crippen LogP contribution in [0.1, 0.15) is 5.56 Å². The number of methoxy groups -OCH3 is 1. The lowest BCUT2D eigenvalue weighted by Gasteiger charge is -2.08. The van der Waals surface area contributed by atoms with Crippen molar-refractivity contribution in [3.8, 4) is 6.07 Å². The maximum Gasteiger partial charge on any atom is 0.350 e. The van der Waals surface area contributed by atoms with Gasteiger partial charge < -0.3 is 10.1 Å². The number of nitrogens with one attached hydrogen (secondary N) is 2. The van der Waals surface area contributed by atoms with Crippen molar-refractivity contribution in [3.63, 3.8) is 0 Å². The van der Waals surface area contributed by atoms with Gasteiger partial charge in [0.2, 0.25) is 10.0 Å². The molecule has 0 heterocycles. The maximum absolute atomic E-state index is 12.3. The van der Waals surface area contributed by atoms with E-state index in [2.05, 4.69) is 14.8 Å². The molecule has 0 radical (unpaired) electrons. The maximum atomic E-state index is 12.3. The lowest BCUT2D eigenvalue weighted by atomic mass is 10.2. The molecule has 0 spiro atoms. The zero-order valence-electron chi connectivity index (χ0n) is 14.0. The summed E-state index contributed by atoms with van der Waals surface area (Å²) in [6.07, 6.45) is 1.20. The fourth-order valence-electron chi connectivity index (χ4n) is 1.99. The smallest absolute Gasteiger partial charge is 0.350 e. The number of ether oxygens (including phenoxy) is 1. The summed E-state index contributed by atoms with van der Waals surface area (Å²) in [7, 11) is -2.47. The predicted octanol–water partition coefficient (Wildman–Crippen LogP) is 2.16. The van der Waals surface area contributed by atoms with Gasteiger partial charge in [0.05, 0.1) is 12.0 Å². The summed E-state index contributed by atoms with van der Waals surface area (Å²) in [5.74, 6) is -0.760. The fraction of sp³-hybridized carbons (Fsp3) is 0.111. The molecule has 0 aromatic heterocycles. The number of hydrogen-bond donors (Lipinski definition) is 2. The molecule has 2 aromatic rings. The number of anilines is 1. The highest BCUT2D eigenvalue weighted by Gasteiger charge is 2.13. The van der Waals surface area contributed by atoms with Crippen molar-refractivity contribution in [3.05, 3.63) is 71.9 Å². The van der Waals surface area contributed by atoms with Crippen LogP contribution < -0.4 is 10.0 Å². The van der Waals surface area contributed by atoms with Gasteiger partial charge in [-0.2, -0.15) is 5.26 Å². The van der Waals surface area contributed by atoms with Gasteiger partial charge in [-0.15, -0.1) is 0 Å². The first-order valence-corrected chi connectivity index (χ1v) is 9.03. The van der Waals surface area contributed by atoms with E-state index >= 15 is 0 Å². The number of benzene rings is 2. The Balaban J connectivity index is 2.05. The summed E-state index contributed by atoms with van der Waals surface area (Å²) in [6, 6.07) is 16.8. The van der Waals surface area contributed by atoms with Crippen LogP contribution in [0.4, 0.5) is 5.69 Å². The first-order valence-electron chi connectivity index (χ1n) is 7.55. The Labute approximate surface area is 152 Å². The van der Waals surface area contributed by atoms with Crippen LogP contribution in [0.15, 0.2) is 71.3 Å². The molecule has 2 aromatic carbocycles. The molecule has 0 bridgehead atoms. The third kappa shape index (κ3) is 5.17. The molecule has 0 aliphatic heterocycles. The molecule has 7 nitrogen and oxygen atoms in total. The van der Waals surface area contributed by atoms with Crippen LogP contribution in [0, 0.1) is 11.3 Å². The molecule has 0 amide bonds. The van der Waals surface area contributed by atoms with Gasteiger partial charge in [0.1, 0.15) is 6.07 Å². The lowest BCUT2D eigenvalue weighted by molar-refractivity contribution is -0.135. The normalized spacial score (nSPS) is 11.5. The van der Waals surface area contributed by atoms with Crippen molar-refractivity contribution in [2.24, 2.45) is 0 Å². The molecule has 26 heavy (non-hydrogen) atoms. The van der Waals surface area contributed by atoms with Crippen LogP contribution in [0.3, 0.4) is 0 Å². The molecule has 2 N–H and O–H groups in total. The van der Waals surface area contributed by atoms with Gasteiger partial charge in [0.25, 0.3) is 0 Å². The van der Waals surface area contributed by atoms with Gasteiger partial charge >= 0.3 is 5.97 Å². The Morgan fingerprint density at radius 2 is 1.81 bits per heavy atom.